The summed E-state index contributed by atoms with van der Waals surface area (Å²) < 4.78 is 2.02. The predicted octanol–water partition coefficient (Wildman–Crippen LogP) is 2.61. The van der Waals surface area contributed by atoms with E-state index in [1.54, 1.807) is 0 Å². The van der Waals surface area contributed by atoms with Gasteiger partial charge in [-0.2, -0.15) is 9.97 Å². The van der Waals surface area contributed by atoms with Gasteiger partial charge < -0.3 is 15.2 Å². The minimum atomic E-state index is 0.699. The van der Waals surface area contributed by atoms with E-state index in [1.807, 2.05) is 17.8 Å². The number of rotatable bonds is 6. The zero-order chi connectivity index (χ0) is 13.0. The SMILES string of the molecule is CCCNc1nc(NCCC)c2ccn(C)c2n1. The summed E-state index contributed by atoms with van der Waals surface area (Å²) in [5.41, 5.74) is 0.960. The number of fused-ring (bicyclic) bond motifs is 1. The van der Waals surface area contributed by atoms with Crippen LogP contribution in [-0.2, 0) is 7.05 Å². The van der Waals surface area contributed by atoms with Crippen molar-refractivity contribution >= 4 is 22.8 Å². The standard InChI is InChI=1S/C13H21N5/c1-4-7-14-11-10-6-9-18(3)12(10)17-13(16-11)15-8-5-2/h6,9H,4-5,7-8H2,1-3H3,(H2,14,15,16,17). The van der Waals surface area contributed by atoms with Crippen molar-refractivity contribution in [3.63, 3.8) is 0 Å². The smallest absolute Gasteiger partial charge is 0.226 e. The van der Waals surface area contributed by atoms with Crippen molar-refractivity contribution in [2.45, 2.75) is 26.7 Å². The third kappa shape index (κ3) is 2.55. The summed E-state index contributed by atoms with van der Waals surface area (Å²) in [5.74, 6) is 1.62. The lowest BCUT2D eigenvalue weighted by molar-refractivity contribution is 0.923. The van der Waals surface area contributed by atoms with Crippen molar-refractivity contribution in [2.75, 3.05) is 23.7 Å². The van der Waals surface area contributed by atoms with Gasteiger partial charge in [0.2, 0.25) is 5.95 Å². The Kier molecular flexibility index (Phi) is 4.02. The van der Waals surface area contributed by atoms with E-state index in [9.17, 15) is 0 Å². The second-order valence-electron chi connectivity index (χ2n) is 4.41. The van der Waals surface area contributed by atoms with E-state index in [0.29, 0.717) is 5.95 Å². The largest absolute Gasteiger partial charge is 0.369 e. The molecule has 5 heteroatoms. The van der Waals surface area contributed by atoms with E-state index in [4.69, 9.17) is 0 Å². The normalized spacial score (nSPS) is 10.8. The first-order chi connectivity index (χ1) is 8.76. The number of aromatic nitrogens is 3. The Hall–Kier alpha value is -1.78. The maximum Gasteiger partial charge on any atom is 0.226 e. The van der Waals surface area contributed by atoms with E-state index in [2.05, 4.69) is 40.5 Å². The Balaban J connectivity index is 2.38. The molecule has 0 fully saturated rings. The lowest BCUT2D eigenvalue weighted by Crippen LogP contribution is -2.09. The molecule has 0 aliphatic heterocycles. The second kappa shape index (κ2) is 5.71. The van der Waals surface area contributed by atoms with E-state index in [0.717, 1.165) is 42.8 Å². The molecular weight excluding hydrogens is 226 g/mol. The first-order valence-electron chi connectivity index (χ1n) is 6.57. The van der Waals surface area contributed by atoms with E-state index >= 15 is 0 Å². The van der Waals surface area contributed by atoms with Crippen LogP contribution in [0, 0.1) is 0 Å². The molecule has 0 bridgehead atoms. The van der Waals surface area contributed by atoms with Crippen LogP contribution < -0.4 is 10.6 Å². The number of nitrogens with zero attached hydrogens (tertiary/aromatic N) is 3. The third-order valence-electron chi connectivity index (χ3n) is 2.80. The maximum absolute atomic E-state index is 4.54. The average molecular weight is 247 g/mol. The minimum Gasteiger partial charge on any atom is -0.369 e. The quantitative estimate of drug-likeness (QED) is 0.824. The van der Waals surface area contributed by atoms with Crippen molar-refractivity contribution in [1.29, 1.82) is 0 Å². The van der Waals surface area contributed by atoms with Crippen LogP contribution >= 0.6 is 0 Å². The summed E-state index contributed by atoms with van der Waals surface area (Å²) in [6.45, 7) is 6.09. The van der Waals surface area contributed by atoms with E-state index in [-0.39, 0.29) is 0 Å². The number of hydrogen-bond donors (Lipinski definition) is 2. The summed E-state index contributed by atoms with van der Waals surface area (Å²) in [6, 6.07) is 2.05. The summed E-state index contributed by atoms with van der Waals surface area (Å²) in [4.78, 5) is 9.08. The summed E-state index contributed by atoms with van der Waals surface area (Å²) in [5, 5.41) is 7.68. The third-order valence-corrected chi connectivity index (χ3v) is 2.80. The molecule has 2 heterocycles. The molecule has 0 spiro atoms. The molecule has 0 atom stereocenters. The molecule has 18 heavy (non-hydrogen) atoms. The van der Waals surface area contributed by atoms with Gasteiger partial charge in [0, 0.05) is 26.3 Å². The highest BCUT2D eigenvalue weighted by molar-refractivity contribution is 5.88. The zero-order valence-corrected chi connectivity index (χ0v) is 11.3. The Morgan fingerprint density at radius 2 is 1.83 bits per heavy atom. The highest BCUT2D eigenvalue weighted by Gasteiger charge is 2.09. The van der Waals surface area contributed by atoms with E-state index in [1.165, 1.54) is 0 Å². The summed E-state index contributed by atoms with van der Waals surface area (Å²) in [7, 11) is 2.00. The number of aryl methyl sites for hydroxylation is 1. The molecule has 0 saturated carbocycles. The number of nitrogens with one attached hydrogen (secondary N) is 2. The van der Waals surface area contributed by atoms with Gasteiger partial charge in [0.05, 0.1) is 5.39 Å². The highest BCUT2D eigenvalue weighted by Crippen LogP contribution is 2.22. The number of hydrogen-bond acceptors (Lipinski definition) is 4. The zero-order valence-electron chi connectivity index (χ0n) is 11.3. The number of anilines is 2. The molecule has 0 saturated heterocycles. The van der Waals surface area contributed by atoms with Gasteiger partial charge in [-0.1, -0.05) is 13.8 Å². The van der Waals surface area contributed by atoms with Gasteiger partial charge in [-0.15, -0.1) is 0 Å². The summed E-state index contributed by atoms with van der Waals surface area (Å²) >= 11 is 0. The molecule has 0 aliphatic carbocycles. The summed E-state index contributed by atoms with van der Waals surface area (Å²) in [6.07, 6.45) is 4.16. The van der Waals surface area contributed by atoms with Crippen molar-refractivity contribution in [2.24, 2.45) is 7.05 Å². The predicted molar refractivity (Wildman–Crippen MR) is 76.1 cm³/mol. The molecule has 2 aromatic rings. The van der Waals surface area contributed by atoms with Crippen molar-refractivity contribution in [3.05, 3.63) is 12.3 Å². The van der Waals surface area contributed by atoms with Gasteiger partial charge in [0.25, 0.3) is 0 Å². The van der Waals surface area contributed by atoms with Crippen LogP contribution in [0.2, 0.25) is 0 Å². The molecule has 5 nitrogen and oxygen atoms in total. The maximum atomic E-state index is 4.54. The molecule has 2 aromatic heterocycles. The Morgan fingerprint density at radius 3 is 2.56 bits per heavy atom. The molecule has 2 N–H and O–H groups in total. The van der Waals surface area contributed by atoms with Crippen LogP contribution in [0.15, 0.2) is 12.3 Å². The molecule has 0 amide bonds. The lowest BCUT2D eigenvalue weighted by atomic mass is 10.3. The van der Waals surface area contributed by atoms with Crippen molar-refractivity contribution < 1.29 is 0 Å². The molecule has 2 rings (SSSR count). The van der Waals surface area contributed by atoms with Crippen LogP contribution in [0.5, 0.6) is 0 Å². The fourth-order valence-electron chi connectivity index (χ4n) is 1.83. The van der Waals surface area contributed by atoms with Gasteiger partial charge in [-0.3, -0.25) is 0 Å². The molecular formula is C13H21N5. The average Bonchev–Trinajstić information content (AvgIpc) is 2.75. The molecule has 0 aliphatic rings. The first kappa shape index (κ1) is 12.7. The molecule has 0 unspecified atom stereocenters. The second-order valence-corrected chi connectivity index (χ2v) is 4.41. The highest BCUT2D eigenvalue weighted by atomic mass is 15.2. The minimum absolute atomic E-state index is 0.699. The van der Waals surface area contributed by atoms with Gasteiger partial charge >= 0.3 is 0 Å². The molecule has 0 aromatic carbocycles. The van der Waals surface area contributed by atoms with Crippen LogP contribution in [-0.4, -0.2) is 27.6 Å². The fourth-order valence-corrected chi connectivity index (χ4v) is 1.83. The topological polar surface area (TPSA) is 54.8 Å². The van der Waals surface area contributed by atoms with E-state index < -0.39 is 0 Å². The van der Waals surface area contributed by atoms with Gasteiger partial charge in [-0.25, -0.2) is 0 Å². The van der Waals surface area contributed by atoms with Crippen molar-refractivity contribution in [1.82, 2.24) is 14.5 Å². The van der Waals surface area contributed by atoms with Gasteiger partial charge in [-0.05, 0) is 18.9 Å². The van der Waals surface area contributed by atoms with Gasteiger partial charge in [0.15, 0.2) is 0 Å². The van der Waals surface area contributed by atoms with Crippen LogP contribution in [0.3, 0.4) is 0 Å². The first-order valence-corrected chi connectivity index (χ1v) is 6.57. The van der Waals surface area contributed by atoms with Crippen LogP contribution in [0.25, 0.3) is 11.0 Å². The lowest BCUT2D eigenvalue weighted by Gasteiger charge is -2.09. The van der Waals surface area contributed by atoms with Crippen LogP contribution in [0.4, 0.5) is 11.8 Å². The monoisotopic (exact) mass is 247 g/mol. The van der Waals surface area contributed by atoms with Crippen LogP contribution in [0.1, 0.15) is 26.7 Å². The molecule has 98 valence electrons. The Morgan fingerprint density at radius 1 is 1.11 bits per heavy atom. The Labute approximate surface area is 108 Å². The Bertz CT molecular complexity index is 517. The molecule has 0 radical (unpaired) electrons. The van der Waals surface area contributed by atoms with Gasteiger partial charge in [0.1, 0.15) is 11.5 Å². The fraction of sp³-hybridized carbons (Fsp3) is 0.538. The van der Waals surface area contributed by atoms with Crippen molar-refractivity contribution in [3.8, 4) is 0 Å².